The fourth-order valence-corrected chi connectivity index (χ4v) is 1.17. The third-order valence-corrected chi connectivity index (χ3v) is 1.80. The van der Waals surface area contributed by atoms with Gasteiger partial charge in [-0.2, -0.15) is 0 Å². The largest absolute Gasteiger partial charge is 0.361 e. The Balaban J connectivity index is 3.06. The highest BCUT2D eigenvalue weighted by molar-refractivity contribution is 5.50. The molecular formula is C10H13N. The number of rotatable bonds is 3. The number of nitrogens with one attached hydrogen (secondary N) is 1. The van der Waals surface area contributed by atoms with Crippen molar-refractivity contribution >= 4 is 6.08 Å². The van der Waals surface area contributed by atoms with E-state index in [1.165, 1.54) is 11.1 Å². The van der Waals surface area contributed by atoms with Crippen molar-refractivity contribution in [2.24, 2.45) is 0 Å². The third-order valence-electron chi connectivity index (χ3n) is 1.80. The molecule has 0 saturated carbocycles. The molecule has 0 unspecified atom stereocenters. The van der Waals surface area contributed by atoms with Gasteiger partial charge in [0.1, 0.15) is 0 Å². The molecule has 0 aliphatic rings. The number of aryl methyl sites for hydroxylation is 1. The number of hydrogen-bond donors (Lipinski definition) is 1. The maximum Gasteiger partial charge on any atom is 0.0412 e. The number of H-pyrrole nitrogens is 1. The number of aromatic amines is 1. The minimum absolute atomic E-state index is 0.913. The zero-order valence-corrected chi connectivity index (χ0v) is 6.85. The Morgan fingerprint density at radius 1 is 1.55 bits per heavy atom. The lowest BCUT2D eigenvalue weighted by atomic mass is 10.1. The first-order valence-corrected chi connectivity index (χ1v) is 3.69. The summed E-state index contributed by atoms with van der Waals surface area (Å²) in [6, 6.07) is 0. The van der Waals surface area contributed by atoms with Crippen LogP contribution in [0.25, 0.3) is 6.08 Å². The van der Waals surface area contributed by atoms with Crippen molar-refractivity contribution < 1.29 is 0 Å². The molecule has 0 aliphatic carbocycles. The van der Waals surface area contributed by atoms with Gasteiger partial charge in [-0.25, -0.2) is 0 Å². The van der Waals surface area contributed by atoms with Crippen LogP contribution in [0.15, 0.2) is 25.4 Å². The SMILES string of the molecule is C=CCc1c(C)c[nH]c1C=C. The van der Waals surface area contributed by atoms with E-state index in [1.54, 1.807) is 0 Å². The van der Waals surface area contributed by atoms with Gasteiger partial charge in [0.2, 0.25) is 0 Å². The molecule has 1 aromatic heterocycles. The topological polar surface area (TPSA) is 15.8 Å². The molecule has 58 valence electrons. The first-order chi connectivity index (χ1) is 5.29. The summed E-state index contributed by atoms with van der Waals surface area (Å²) >= 11 is 0. The van der Waals surface area contributed by atoms with Gasteiger partial charge in [0.25, 0.3) is 0 Å². The van der Waals surface area contributed by atoms with Gasteiger partial charge in [0, 0.05) is 11.9 Å². The zero-order chi connectivity index (χ0) is 8.27. The summed E-state index contributed by atoms with van der Waals surface area (Å²) in [6.45, 7) is 9.51. The van der Waals surface area contributed by atoms with E-state index in [4.69, 9.17) is 0 Å². The third kappa shape index (κ3) is 1.43. The summed E-state index contributed by atoms with van der Waals surface area (Å²) in [6.07, 6.45) is 6.65. The normalized spacial score (nSPS) is 9.55. The lowest BCUT2D eigenvalue weighted by molar-refractivity contribution is 1.23. The Labute approximate surface area is 67.5 Å². The van der Waals surface area contributed by atoms with Crippen LogP contribution in [0.3, 0.4) is 0 Å². The second-order valence-corrected chi connectivity index (χ2v) is 2.56. The van der Waals surface area contributed by atoms with Crippen molar-refractivity contribution in [1.82, 2.24) is 4.98 Å². The van der Waals surface area contributed by atoms with E-state index in [1.807, 2.05) is 18.3 Å². The van der Waals surface area contributed by atoms with Crippen LogP contribution in [0.2, 0.25) is 0 Å². The van der Waals surface area contributed by atoms with E-state index in [-0.39, 0.29) is 0 Å². The maximum absolute atomic E-state index is 3.72. The van der Waals surface area contributed by atoms with Crippen LogP contribution in [0.5, 0.6) is 0 Å². The molecular weight excluding hydrogens is 134 g/mol. The first kappa shape index (κ1) is 7.86. The maximum atomic E-state index is 3.72. The van der Waals surface area contributed by atoms with Crippen molar-refractivity contribution in [2.45, 2.75) is 13.3 Å². The fourth-order valence-electron chi connectivity index (χ4n) is 1.17. The smallest absolute Gasteiger partial charge is 0.0412 e. The molecule has 0 bridgehead atoms. The summed E-state index contributed by atoms with van der Waals surface area (Å²) < 4.78 is 0. The molecule has 0 saturated heterocycles. The molecule has 0 amide bonds. The Morgan fingerprint density at radius 2 is 2.27 bits per heavy atom. The standard InChI is InChI=1S/C10H13N/c1-4-6-9-8(3)7-11-10(9)5-2/h4-5,7,11H,1-2,6H2,3H3. The lowest BCUT2D eigenvalue weighted by Crippen LogP contribution is -1.83. The van der Waals surface area contributed by atoms with Gasteiger partial charge in [-0.05, 0) is 30.5 Å². The van der Waals surface area contributed by atoms with E-state index in [0.29, 0.717) is 0 Å². The molecule has 1 N–H and O–H groups in total. The highest BCUT2D eigenvalue weighted by atomic mass is 14.7. The molecule has 1 aromatic rings. The Kier molecular flexibility index (Phi) is 2.32. The van der Waals surface area contributed by atoms with Gasteiger partial charge in [0.05, 0.1) is 0 Å². The summed E-state index contributed by atoms with van der Waals surface area (Å²) in [5, 5.41) is 0. The van der Waals surface area contributed by atoms with Gasteiger partial charge >= 0.3 is 0 Å². The number of aromatic nitrogens is 1. The fraction of sp³-hybridized carbons (Fsp3) is 0.200. The second kappa shape index (κ2) is 3.24. The van der Waals surface area contributed by atoms with Gasteiger partial charge in [-0.1, -0.05) is 12.7 Å². The van der Waals surface area contributed by atoms with Crippen molar-refractivity contribution in [3.05, 3.63) is 42.3 Å². The Morgan fingerprint density at radius 3 is 2.82 bits per heavy atom. The van der Waals surface area contributed by atoms with E-state index in [2.05, 4.69) is 25.1 Å². The average molecular weight is 147 g/mol. The molecule has 0 radical (unpaired) electrons. The van der Waals surface area contributed by atoms with Crippen molar-refractivity contribution in [3.8, 4) is 0 Å². The molecule has 0 spiro atoms. The minimum atomic E-state index is 0.913. The first-order valence-electron chi connectivity index (χ1n) is 3.69. The van der Waals surface area contributed by atoms with Crippen molar-refractivity contribution in [3.63, 3.8) is 0 Å². The molecule has 0 atom stereocenters. The average Bonchev–Trinajstić information content (AvgIpc) is 2.34. The van der Waals surface area contributed by atoms with Gasteiger partial charge < -0.3 is 4.98 Å². The molecule has 1 nitrogen and oxygen atoms in total. The summed E-state index contributed by atoms with van der Waals surface area (Å²) in [5.41, 5.74) is 3.69. The van der Waals surface area contributed by atoms with E-state index in [0.717, 1.165) is 12.1 Å². The van der Waals surface area contributed by atoms with Gasteiger partial charge in [-0.3, -0.25) is 0 Å². The van der Waals surface area contributed by atoms with Crippen LogP contribution < -0.4 is 0 Å². The Hall–Kier alpha value is -1.24. The molecule has 0 fully saturated rings. The molecule has 0 aliphatic heterocycles. The van der Waals surface area contributed by atoms with Crippen LogP contribution in [-0.4, -0.2) is 4.98 Å². The predicted molar refractivity (Wildman–Crippen MR) is 49.5 cm³/mol. The van der Waals surface area contributed by atoms with Crippen LogP contribution in [0.1, 0.15) is 16.8 Å². The van der Waals surface area contributed by atoms with Gasteiger partial charge in [0.15, 0.2) is 0 Å². The van der Waals surface area contributed by atoms with Crippen LogP contribution in [0, 0.1) is 6.92 Å². The molecule has 1 rings (SSSR count). The van der Waals surface area contributed by atoms with Crippen molar-refractivity contribution in [1.29, 1.82) is 0 Å². The highest BCUT2D eigenvalue weighted by Gasteiger charge is 2.01. The number of hydrogen-bond acceptors (Lipinski definition) is 0. The van der Waals surface area contributed by atoms with Crippen molar-refractivity contribution in [2.75, 3.05) is 0 Å². The minimum Gasteiger partial charge on any atom is -0.361 e. The quantitative estimate of drug-likeness (QED) is 0.633. The monoisotopic (exact) mass is 147 g/mol. The predicted octanol–water partition coefficient (Wildman–Crippen LogP) is 2.69. The molecule has 1 heteroatoms. The van der Waals surface area contributed by atoms with E-state index < -0.39 is 0 Å². The zero-order valence-electron chi connectivity index (χ0n) is 6.85. The van der Waals surface area contributed by atoms with Gasteiger partial charge in [-0.15, -0.1) is 6.58 Å². The molecule has 1 heterocycles. The lowest BCUT2D eigenvalue weighted by Gasteiger charge is -1.95. The summed E-state index contributed by atoms with van der Waals surface area (Å²) in [7, 11) is 0. The van der Waals surface area contributed by atoms with E-state index in [9.17, 15) is 0 Å². The highest BCUT2D eigenvalue weighted by Crippen LogP contribution is 2.14. The molecule has 0 aromatic carbocycles. The van der Waals surface area contributed by atoms with E-state index >= 15 is 0 Å². The number of allylic oxidation sites excluding steroid dienone is 1. The molecule has 11 heavy (non-hydrogen) atoms. The van der Waals surface area contributed by atoms with Crippen LogP contribution in [0.4, 0.5) is 0 Å². The second-order valence-electron chi connectivity index (χ2n) is 2.56. The Bertz CT molecular complexity index is 268. The van der Waals surface area contributed by atoms with Crippen LogP contribution >= 0.6 is 0 Å². The van der Waals surface area contributed by atoms with Crippen LogP contribution in [-0.2, 0) is 6.42 Å². The summed E-state index contributed by atoms with van der Waals surface area (Å²) in [4.78, 5) is 3.14. The summed E-state index contributed by atoms with van der Waals surface area (Å²) in [5.74, 6) is 0.